The molecule has 0 bridgehead atoms. The molecule has 0 heterocycles. The number of methoxy groups -OCH3 is 1. The third-order valence-corrected chi connectivity index (χ3v) is 3.08. The molecule has 0 aliphatic heterocycles. The number of carbonyl (C=O) groups is 2. The molecule has 2 rings (SSSR count). The lowest BCUT2D eigenvalue weighted by Gasteiger charge is -2.02. The fourth-order valence-electron chi connectivity index (χ4n) is 1.78. The topological polar surface area (TPSA) is 104 Å². The zero-order valence-corrected chi connectivity index (χ0v) is 13.0. The van der Waals surface area contributed by atoms with E-state index in [1.807, 2.05) is 0 Å². The summed E-state index contributed by atoms with van der Waals surface area (Å²) in [5.41, 5.74) is 1.98. The molecule has 0 unspecified atom stereocenters. The number of hydrogen-bond acceptors (Lipinski definition) is 5. The highest BCUT2D eigenvalue weighted by Crippen LogP contribution is 2.16. The third kappa shape index (κ3) is 5.03. The van der Waals surface area contributed by atoms with E-state index < -0.39 is 11.9 Å². The minimum Gasteiger partial charge on any atom is -0.508 e. The Bertz CT molecular complexity index is 721. The molecule has 2 aromatic carbocycles. The largest absolute Gasteiger partial charge is 0.508 e. The lowest BCUT2D eigenvalue weighted by Crippen LogP contribution is -2.02. The molecule has 6 nitrogen and oxygen atoms in total. The first-order valence-electron chi connectivity index (χ1n) is 6.67. The Balaban J connectivity index is 0.000000231. The second-order valence-electron chi connectivity index (χ2n) is 4.80. The van der Waals surface area contributed by atoms with Crippen molar-refractivity contribution in [1.82, 2.24) is 0 Å². The summed E-state index contributed by atoms with van der Waals surface area (Å²) >= 11 is 0. The van der Waals surface area contributed by atoms with Gasteiger partial charge in [0.25, 0.3) is 0 Å². The van der Waals surface area contributed by atoms with Crippen LogP contribution in [0.4, 0.5) is 0 Å². The SMILES string of the molecule is COC(=O)c1cc(O)ccc1C.Cc1ccc(O)cc1C(=O)O. The molecule has 0 radical (unpaired) electrons. The number of carboxylic acids is 1. The zero-order chi connectivity index (χ0) is 17.6. The molecular weight excluding hydrogens is 300 g/mol. The molecule has 0 aromatic heterocycles. The van der Waals surface area contributed by atoms with Gasteiger partial charge in [0.1, 0.15) is 11.5 Å². The minimum absolute atomic E-state index is 0.0204. The Morgan fingerprint density at radius 3 is 1.70 bits per heavy atom. The highest BCUT2D eigenvalue weighted by molar-refractivity contribution is 5.91. The summed E-state index contributed by atoms with van der Waals surface area (Å²) in [6.45, 7) is 3.47. The molecule has 0 atom stereocenters. The van der Waals surface area contributed by atoms with Crippen molar-refractivity contribution in [2.75, 3.05) is 7.11 Å². The van der Waals surface area contributed by atoms with E-state index >= 15 is 0 Å². The number of phenols is 2. The lowest BCUT2D eigenvalue weighted by atomic mass is 10.1. The monoisotopic (exact) mass is 318 g/mol. The number of ether oxygens (including phenoxy) is 1. The predicted molar refractivity (Wildman–Crippen MR) is 84.0 cm³/mol. The normalized spacial score (nSPS) is 9.52. The molecule has 0 amide bonds. The van der Waals surface area contributed by atoms with E-state index in [4.69, 9.17) is 15.3 Å². The molecule has 0 saturated carbocycles. The quantitative estimate of drug-likeness (QED) is 0.736. The van der Waals surface area contributed by atoms with E-state index in [0.29, 0.717) is 11.1 Å². The molecule has 0 aliphatic rings. The van der Waals surface area contributed by atoms with Crippen LogP contribution in [0.1, 0.15) is 31.8 Å². The summed E-state index contributed by atoms with van der Waals surface area (Å²) in [4.78, 5) is 21.5. The van der Waals surface area contributed by atoms with Gasteiger partial charge in [0.05, 0.1) is 18.2 Å². The van der Waals surface area contributed by atoms with Crippen LogP contribution < -0.4 is 0 Å². The minimum atomic E-state index is -1.02. The van der Waals surface area contributed by atoms with Crippen LogP contribution in [0.3, 0.4) is 0 Å². The maximum absolute atomic E-state index is 11.1. The Morgan fingerprint density at radius 1 is 0.870 bits per heavy atom. The van der Waals surface area contributed by atoms with Crippen molar-refractivity contribution >= 4 is 11.9 Å². The van der Waals surface area contributed by atoms with Gasteiger partial charge in [0, 0.05) is 0 Å². The van der Waals surface area contributed by atoms with E-state index in [0.717, 1.165) is 5.56 Å². The average molecular weight is 318 g/mol. The van der Waals surface area contributed by atoms with Gasteiger partial charge >= 0.3 is 11.9 Å². The molecule has 0 saturated heterocycles. The Labute approximate surface area is 133 Å². The van der Waals surface area contributed by atoms with E-state index in [-0.39, 0.29) is 17.1 Å². The fourth-order valence-corrected chi connectivity index (χ4v) is 1.78. The van der Waals surface area contributed by atoms with Gasteiger partial charge in [-0.25, -0.2) is 9.59 Å². The molecule has 2 aromatic rings. The fraction of sp³-hybridized carbons (Fsp3) is 0.176. The van der Waals surface area contributed by atoms with Crippen molar-refractivity contribution in [3.05, 3.63) is 58.7 Å². The van der Waals surface area contributed by atoms with E-state index in [2.05, 4.69) is 4.74 Å². The van der Waals surface area contributed by atoms with E-state index in [1.165, 1.54) is 31.4 Å². The number of aryl methyl sites for hydroxylation is 2. The number of hydrogen-bond donors (Lipinski definition) is 3. The van der Waals surface area contributed by atoms with Crippen molar-refractivity contribution in [3.63, 3.8) is 0 Å². The van der Waals surface area contributed by atoms with Gasteiger partial charge in [0.2, 0.25) is 0 Å². The summed E-state index contributed by atoms with van der Waals surface area (Å²) in [5, 5.41) is 26.6. The number of carbonyl (C=O) groups excluding carboxylic acids is 1. The Hall–Kier alpha value is -3.02. The molecule has 6 heteroatoms. The van der Waals surface area contributed by atoms with Gasteiger partial charge in [-0.05, 0) is 49.2 Å². The number of phenolic OH excluding ortho intramolecular Hbond substituents is 2. The summed E-state index contributed by atoms with van der Waals surface area (Å²) in [5.74, 6) is -1.39. The number of rotatable bonds is 2. The summed E-state index contributed by atoms with van der Waals surface area (Å²) in [6, 6.07) is 8.85. The first-order chi connectivity index (χ1) is 10.8. The van der Waals surface area contributed by atoms with Gasteiger partial charge in [-0.15, -0.1) is 0 Å². The van der Waals surface area contributed by atoms with Crippen LogP contribution in [-0.4, -0.2) is 34.4 Å². The van der Waals surface area contributed by atoms with Crippen LogP contribution >= 0.6 is 0 Å². The standard InChI is InChI=1S/C9H10O3.C8H8O3/c1-6-3-4-7(10)5-8(6)9(11)12-2;1-5-2-3-6(9)4-7(5)8(10)11/h3-5,10H,1-2H3;2-4,9H,1H3,(H,10,11). The predicted octanol–water partition coefficient (Wildman–Crippen LogP) is 2.89. The first-order valence-corrected chi connectivity index (χ1v) is 6.67. The van der Waals surface area contributed by atoms with Crippen LogP contribution in [0.15, 0.2) is 36.4 Å². The second-order valence-corrected chi connectivity index (χ2v) is 4.80. The molecule has 23 heavy (non-hydrogen) atoms. The average Bonchev–Trinajstić information content (AvgIpc) is 2.51. The van der Waals surface area contributed by atoms with Gasteiger partial charge in [0.15, 0.2) is 0 Å². The Kier molecular flexibility index (Phi) is 6.14. The smallest absolute Gasteiger partial charge is 0.338 e. The van der Waals surface area contributed by atoms with Gasteiger partial charge in [-0.3, -0.25) is 0 Å². The van der Waals surface area contributed by atoms with E-state index in [1.54, 1.807) is 26.0 Å². The van der Waals surface area contributed by atoms with Gasteiger partial charge < -0.3 is 20.1 Å². The first kappa shape index (κ1) is 18.0. The molecule has 0 fully saturated rings. The van der Waals surface area contributed by atoms with Crippen LogP contribution in [0, 0.1) is 13.8 Å². The van der Waals surface area contributed by atoms with Gasteiger partial charge in [-0.2, -0.15) is 0 Å². The highest BCUT2D eigenvalue weighted by Gasteiger charge is 2.09. The number of aromatic carboxylic acids is 1. The van der Waals surface area contributed by atoms with Crippen molar-refractivity contribution in [2.24, 2.45) is 0 Å². The molecule has 0 aliphatic carbocycles. The lowest BCUT2D eigenvalue weighted by molar-refractivity contribution is 0.0598. The van der Waals surface area contributed by atoms with E-state index in [9.17, 15) is 9.59 Å². The van der Waals surface area contributed by atoms with Crippen LogP contribution in [0.2, 0.25) is 0 Å². The summed E-state index contributed by atoms with van der Waals surface area (Å²) in [6.07, 6.45) is 0. The molecule has 122 valence electrons. The number of aromatic hydroxyl groups is 2. The number of esters is 1. The van der Waals surface area contributed by atoms with Crippen molar-refractivity contribution in [3.8, 4) is 11.5 Å². The summed E-state index contributed by atoms with van der Waals surface area (Å²) in [7, 11) is 1.31. The Morgan fingerprint density at radius 2 is 1.30 bits per heavy atom. The molecular formula is C17H18O6. The van der Waals surface area contributed by atoms with Crippen molar-refractivity contribution in [2.45, 2.75) is 13.8 Å². The van der Waals surface area contributed by atoms with Gasteiger partial charge in [-0.1, -0.05) is 12.1 Å². The van der Waals surface area contributed by atoms with Crippen LogP contribution in [-0.2, 0) is 4.74 Å². The maximum atomic E-state index is 11.1. The van der Waals surface area contributed by atoms with Crippen molar-refractivity contribution < 1.29 is 29.6 Å². The molecule has 0 spiro atoms. The zero-order valence-electron chi connectivity index (χ0n) is 13.0. The summed E-state index contributed by atoms with van der Waals surface area (Å²) < 4.78 is 4.52. The van der Waals surface area contributed by atoms with Crippen LogP contribution in [0.5, 0.6) is 11.5 Å². The highest BCUT2D eigenvalue weighted by atomic mass is 16.5. The van der Waals surface area contributed by atoms with Crippen LogP contribution in [0.25, 0.3) is 0 Å². The second kappa shape index (κ2) is 7.84. The third-order valence-electron chi connectivity index (χ3n) is 3.08. The molecule has 3 N–H and O–H groups in total. The maximum Gasteiger partial charge on any atom is 0.338 e. The van der Waals surface area contributed by atoms with Crippen molar-refractivity contribution in [1.29, 1.82) is 0 Å². The number of carboxylic acid groups (broad SMARTS) is 1. The number of benzene rings is 2.